The number of aromatic amines is 1. The summed E-state index contributed by atoms with van der Waals surface area (Å²) in [5.41, 5.74) is -6.01. The number of hydrogen-bond acceptors (Lipinski definition) is 3. The predicted molar refractivity (Wildman–Crippen MR) is 76.9 cm³/mol. The van der Waals surface area contributed by atoms with E-state index in [1.807, 2.05) is 0 Å². The summed E-state index contributed by atoms with van der Waals surface area (Å²) < 4.78 is 61.6. The molecule has 0 unspecified atom stereocenters. The number of alkyl halides is 3. The molecular weight excluding hydrogens is 409 g/mol. The number of H-pyrrole nitrogens is 1. The van der Waals surface area contributed by atoms with E-state index in [1.54, 1.807) is 6.07 Å². The SMILES string of the molecule is N#Cc1[nH]c(-c2ccc(Cl)cc2)c(S(=O)(=O)C(F)(F)F)c1Br. The molecule has 0 aliphatic rings. The van der Waals surface area contributed by atoms with Crippen molar-refractivity contribution in [2.45, 2.75) is 10.4 Å². The smallest absolute Gasteiger partial charge is 0.344 e. The maximum absolute atomic E-state index is 12.8. The molecule has 0 amide bonds. The van der Waals surface area contributed by atoms with Crippen molar-refractivity contribution < 1.29 is 21.6 Å². The van der Waals surface area contributed by atoms with Crippen LogP contribution in [0.4, 0.5) is 13.2 Å². The number of benzene rings is 1. The fraction of sp³-hybridized carbons (Fsp3) is 0.0833. The second-order valence-corrected chi connectivity index (χ2v) is 7.19. The first-order valence-corrected chi connectivity index (χ1v) is 8.14. The fourth-order valence-electron chi connectivity index (χ4n) is 1.72. The first kappa shape index (κ1) is 16.9. The highest BCUT2D eigenvalue weighted by atomic mass is 79.9. The average molecular weight is 414 g/mol. The monoisotopic (exact) mass is 412 g/mol. The highest BCUT2D eigenvalue weighted by Gasteiger charge is 2.50. The molecule has 0 saturated heterocycles. The molecule has 4 nitrogen and oxygen atoms in total. The van der Waals surface area contributed by atoms with Crippen molar-refractivity contribution >= 4 is 37.4 Å². The van der Waals surface area contributed by atoms with E-state index in [4.69, 9.17) is 16.9 Å². The van der Waals surface area contributed by atoms with Crippen molar-refractivity contribution in [3.05, 3.63) is 39.5 Å². The molecule has 1 N–H and O–H groups in total. The maximum atomic E-state index is 12.8. The summed E-state index contributed by atoms with van der Waals surface area (Å²) in [5.74, 6) is 0. The molecule has 0 spiro atoms. The van der Waals surface area contributed by atoms with Crippen LogP contribution in [0.5, 0.6) is 0 Å². The van der Waals surface area contributed by atoms with Crippen LogP contribution in [0, 0.1) is 11.3 Å². The largest absolute Gasteiger partial charge is 0.502 e. The highest BCUT2D eigenvalue weighted by Crippen LogP contribution is 2.42. The lowest BCUT2D eigenvalue weighted by molar-refractivity contribution is -0.0436. The molecule has 0 radical (unpaired) electrons. The van der Waals surface area contributed by atoms with Crippen molar-refractivity contribution in [3.8, 4) is 17.3 Å². The van der Waals surface area contributed by atoms with Crippen molar-refractivity contribution in [1.82, 2.24) is 4.98 Å². The number of halogens is 5. The second kappa shape index (κ2) is 5.61. The van der Waals surface area contributed by atoms with Crippen molar-refractivity contribution in [1.29, 1.82) is 5.26 Å². The number of hydrogen-bond donors (Lipinski definition) is 1. The third-order valence-electron chi connectivity index (χ3n) is 2.71. The number of nitrogens with one attached hydrogen (secondary N) is 1. The number of rotatable bonds is 2. The van der Waals surface area contributed by atoms with Gasteiger partial charge in [0.15, 0.2) is 0 Å². The van der Waals surface area contributed by atoms with Gasteiger partial charge in [0.1, 0.15) is 16.7 Å². The Morgan fingerprint density at radius 2 is 1.77 bits per heavy atom. The van der Waals surface area contributed by atoms with E-state index in [1.165, 1.54) is 24.3 Å². The van der Waals surface area contributed by atoms with Gasteiger partial charge in [-0.25, -0.2) is 8.42 Å². The first-order chi connectivity index (χ1) is 10.1. The lowest BCUT2D eigenvalue weighted by Gasteiger charge is -2.10. The minimum atomic E-state index is -5.65. The van der Waals surface area contributed by atoms with Crippen LogP contribution in [0.2, 0.25) is 5.02 Å². The van der Waals surface area contributed by atoms with Crippen LogP contribution >= 0.6 is 27.5 Å². The van der Waals surface area contributed by atoms with Crippen molar-refractivity contribution in [2.75, 3.05) is 0 Å². The highest BCUT2D eigenvalue weighted by molar-refractivity contribution is 9.10. The Morgan fingerprint density at radius 1 is 1.23 bits per heavy atom. The Labute approximate surface area is 136 Å². The van der Waals surface area contributed by atoms with E-state index in [0.717, 1.165) is 0 Å². The van der Waals surface area contributed by atoms with E-state index in [0.29, 0.717) is 5.02 Å². The molecule has 2 rings (SSSR count). The Bertz CT molecular complexity index is 868. The molecule has 10 heteroatoms. The number of sulfone groups is 1. The number of nitriles is 1. The number of aromatic nitrogens is 1. The summed E-state index contributed by atoms with van der Waals surface area (Å²) in [6.07, 6.45) is 0. The lowest BCUT2D eigenvalue weighted by Crippen LogP contribution is -2.23. The third-order valence-corrected chi connectivity index (χ3v) is 5.58. The minimum Gasteiger partial charge on any atom is -0.344 e. The Morgan fingerprint density at radius 3 is 2.23 bits per heavy atom. The van der Waals surface area contributed by atoms with Crippen LogP contribution in [-0.2, 0) is 9.84 Å². The summed E-state index contributed by atoms with van der Waals surface area (Å²) in [6, 6.07) is 7.07. The zero-order valence-electron chi connectivity index (χ0n) is 10.4. The van der Waals surface area contributed by atoms with Gasteiger partial charge in [-0.15, -0.1) is 0 Å². The molecule has 0 aliphatic heterocycles. The van der Waals surface area contributed by atoms with Crippen LogP contribution < -0.4 is 0 Å². The standard InChI is InChI=1S/C12H5BrClF3N2O2S/c13-9-8(5-18)19-10(6-1-3-7(14)4-2-6)11(9)22(20,21)12(15,16)17/h1-4,19H. The first-order valence-electron chi connectivity index (χ1n) is 5.48. The predicted octanol–water partition coefficient (Wildman–Crippen LogP) is 4.26. The van der Waals surface area contributed by atoms with Crippen LogP contribution in [0.3, 0.4) is 0 Å². The van der Waals surface area contributed by atoms with E-state index in [9.17, 15) is 21.6 Å². The Hall–Kier alpha value is -1.50. The molecule has 1 aromatic carbocycles. The van der Waals surface area contributed by atoms with E-state index in [2.05, 4.69) is 20.9 Å². The summed E-state index contributed by atoms with van der Waals surface area (Å²) in [6.45, 7) is 0. The van der Waals surface area contributed by atoms with Gasteiger partial charge in [0, 0.05) is 5.02 Å². The molecule has 2 aromatic rings. The molecule has 0 saturated carbocycles. The van der Waals surface area contributed by atoms with Crippen LogP contribution in [0.1, 0.15) is 5.69 Å². The van der Waals surface area contributed by atoms with Crippen LogP contribution in [0.15, 0.2) is 33.6 Å². The normalized spacial score (nSPS) is 12.2. The van der Waals surface area contributed by atoms with Crippen molar-refractivity contribution in [3.63, 3.8) is 0 Å². The quantitative estimate of drug-likeness (QED) is 0.799. The number of nitrogens with zero attached hydrogens (tertiary/aromatic N) is 1. The lowest BCUT2D eigenvalue weighted by atomic mass is 10.2. The van der Waals surface area contributed by atoms with Gasteiger partial charge in [0.25, 0.3) is 9.84 Å². The summed E-state index contributed by atoms with van der Waals surface area (Å²) in [5, 5.41) is 9.24. The molecule has 1 aromatic heterocycles. The van der Waals surface area contributed by atoms with Crippen LogP contribution in [-0.4, -0.2) is 18.9 Å². The van der Waals surface area contributed by atoms with E-state index >= 15 is 0 Å². The Kier molecular flexibility index (Phi) is 4.30. The van der Waals surface area contributed by atoms with Gasteiger partial charge in [0.05, 0.1) is 10.2 Å². The van der Waals surface area contributed by atoms with Crippen molar-refractivity contribution in [2.24, 2.45) is 0 Å². The summed E-state index contributed by atoms with van der Waals surface area (Å²) in [7, 11) is -5.65. The summed E-state index contributed by atoms with van der Waals surface area (Å²) >= 11 is 8.44. The fourth-order valence-corrected chi connectivity index (χ4v) is 3.88. The minimum absolute atomic E-state index is 0.148. The molecular formula is C12H5BrClF3N2O2S. The van der Waals surface area contributed by atoms with Gasteiger partial charge >= 0.3 is 5.51 Å². The zero-order valence-corrected chi connectivity index (χ0v) is 13.5. The molecule has 1 heterocycles. The van der Waals surface area contributed by atoms with Gasteiger partial charge < -0.3 is 4.98 Å². The van der Waals surface area contributed by atoms with Gasteiger partial charge in [-0.05, 0) is 33.6 Å². The summed E-state index contributed by atoms with van der Waals surface area (Å²) in [4.78, 5) is 1.35. The Balaban J connectivity index is 2.82. The van der Waals surface area contributed by atoms with Gasteiger partial charge in [-0.1, -0.05) is 23.7 Å². The molecule has 0 fully saturated rings. The second-order valence-electron chi connectivity index (χ2n) is 4.09. The van der Waals surface area contributed by atoms with Gasteiger partial charge in [-0.2, -0.15) is 18.4 Å². The van der Waals surface area contributed by atoms with Gasteiger partial charge in [-0.3, -0.25) is 0 Å². The van der Waals surface area contributed by atoms with Gasteiger partial charge in [0.2, 0.25) is 0 Å². The molecule has 0 bridgehead atoms. The molecule has 0 atom stereocenters. The maximum Gasteiger partial charge on any atom is 0.502 e. The topological polar surface area (TPSA) is 73.7 Å². The molecule has 22 heavy (non-hydrogen) atoms. The van der Waals surface area contributed by atoms with Crippen LogP contribution in [0.25, 0.3) is 11.3 Å². The zero-order chi connectivity index (χ0) is 16.7. The molecule has 116 valence electrons. The average Bonchev–Trinajstić information content (AvgIpc) is 2.75. The van der Waals surface area contributed by atoms with E-state index < -0.39 is 24.7 Å². The van der Waals surface area contributed by atoms with E-state index in [-0.39, 0.29) is 17.0 Å². The molecule has 0 aliphatic carbocycles. The third kappa shape index (κ3) is 2.74.